The molecule has 0 atom stereocenters. The number of aromatic nitrogens is 2. The fourth-order valence-corrected chi connectivity index (χ4v) is 2.56. The van der Waals surface area contributed by atoms with Crippen LogP contribution in [0.5, 0.6) is 0 Å². The largest absolute Gasteiger partial charge is 0.433 e. The van der Waals surface area contributed by atoms with Gasteiger partial charge in [0.1, 0.15) is 11.4 Å². The van der Waals surface area contributed by atoms with Crippen molar-refractivity contribution < 1.29 is 18.0 Å². The number of alkyl halides is 3. The Balaban J connectivity index is 2.28. The Labute approximate surface area is 122 Å². The Bertz CT molecular complexity index is 660. The minimum Gasteiger partial charge on any atom is -0.285 e. The summed E-state index contributed by atoms with van der Waals surface area (Å²) in [5.74, 6) is -0.316. The normalized spacial score (nSPS) is 12.0. The Hall–Kier alpha value is -1.87. The standard InChI is InChI=1S/C12H13F3N4OS/c1-18(2)17-11(20)9-5-4-8(21-9)7-6-10(12(13,14)15)19(3)16-7/h4-6H,1-3H3,(H,17,20). The molecule has 1 N–H and O–H groups in total. The van der Waals surface area contributed by atoms with Gasteiger partial charge in [-0.2, -0.15) is 18.3 Å². The van der Waals surface area contributed by atoms with Crippen molar-refractivity contribution in [2.24, 2.45) is 7.05 Å². The highest BCUT2D eigenvalue weighted by Crippen LogP contribution is 2.34. The van der Waals surface area contributed by atoms with E-state index >= 15 is 0 Å². The van der Waals surface area contributed by atoms with Crippen LogP contribution in [0.4, 0.5) is 13.2 Å². The number of hydrogen-bond acceptors (Lipinski definition) is 4. The highest BCUT2D eigenvalue weighted by Gasteiger charge is 2.35. The predicted molar refractivity (Wildman–Crippen MR) is 72.7 cm³/mol. The van der Waals surface area contributed by atoms with Crippen molar-refractivity contribution in [1.82, 2.24) is 20.2 Å². The summed E-state index contributed by atoms with van der Waals surface area (Å²) in [7, 11) is 4.57. The predicted octanol–water partition coefficient (Wildman–Crippen LogP) is 2.37. The molecule has 0 bridgehead atoms. The molecule has 0 radical (unpaired) electrons. The zero-order valence-electron chi connectivity index (χ0n) is 11.5. The number of carbonyl (C=O) groups excluding carboxylic acids is 1. The summed E-state index contributed by atoms with van der Waals surface area (Å²) in [5, 5.41) is 5.34. The van der Waals surface area contributed by atoms with Crippen molar-refractivity contribution in [3.05, 3.63) is 28.8 Å². The highest BCUT2D eigenvalue weighted by atomic mass is 32.1. The molecular weight excluding hydrogens is 305 g/mol. The Morgan fingerprint density at radius 3 is 2.57 bits per heavy atom. The maximum atomic E-state index is 12.7. The molecule has 0 aliphatic rings. The molecule has 2 rings (SSSR count). The van der Waals surface area contributed by atoms with E-state index in [1.165, 1.54) is 12.1 Å². The van der Waals surface area contributed by atoms with Crippen molar-refractivity contribution >= 4 is 17.2 Å². The van der Waals surface area contributed by atoms with Crippen LogP contribution in [0, 0.1) is 0 Å². The molecule has 0 spiro atoms. The quantitative estimate of drug-likeness (QED) is 0.884. The van der Waals surface area contributed by atoms with Gasteiger partial charge in [-0.25, -0.2) is 5.01 Å². The lowest BCUT2D eigenvalue weighted by molar-refractivity contribution is -0.143. The third-order valence-electron chi connectivity index (χ3n) is 2.58. The van der Waals surface area contributed by atoms with Crippen molar-refractivity contribution in [2.75, 3.05) is 14.1 Å². The first-order chi connectivity index (χ1) is 9.68. The van der Waals surface area contributed by atoms with Gasteiger partial charge >= 0.3 is 6.18 Å². The van der Waals surface area contributed by atoms with Gasteiger partial charge in [0.15, 0.2) is 0 Å². The molecule has 5 nitrogen and oxygen atoms in total. The van der Waals surface area contributed by atoms with Gasteiger partial charge in [0, 0.05) is 21.1 Å². The van der Waals surface area contributed by atoms with E-state index in [1.54, 1.807) is 26.2 Å². The first-order valence-corrected chi connectivity index (χ1v) is 6.70. The first-order valence-electron chi connectivity index (χ1n) is 5.88. The molecule has 0 fully saturated rings. The van der Waals surface area contributed by atoms with Crippen LogP contribution in [0.15, 0.2) is 18.2 Å². The first kappa shape index (κ1) is 15.5. The third-order valence-corrected chi connectivity index (χ3v) is 3.68. The monoisotopic (exact) mass is 318 g/mol. The maximum Gasteiger partial charge on any atom is 0.433 e. The van der Waals surface area contributed by atoms with E-state index < -0.39 is 11.9 Å². The van der Waals surface area contributed by atoms with Crippen molar-refractivity contribution in [1.29, 1.82) is 0 Å². The number of nitrogens with zero attached hydrogens (tertiary/aromatic N) is 3. The number of aryl methyl sites for hydroxylation is 1. The van der Waals surface area contributed by atoms with Gasteiger partial charge in [0.2, 0.25) is 0 Å². The van der Waals surface area contributed by atoms with Gasteiger partial charge in [0.25, 0.3) is 5.91 Å². The van der Waals surface area contributed by atoms with Gasteiger partial charge in [-0.1, -0.05) is 0 Å². The number of carbonyl (C=O) groups is 1. The second-order valence-electron chi connectivity index (χ2n) is 4.54. The fourth-order valence-electron chi connectivity index (χ4n) is 1.71. The second kappa shape index (κ2) is 5.49. The van der Waals surface area contributed by atoms with Gasteiger partial charge in [0.05, 0.1) is 9.75 Å². The van der Waals surface area contributed by atoms with Gasteiger partial charge < -0.3 is 0 Å². The van der Waals surface area contributed by atoms with Gasteiger partial charge in [-0.05, 0) is 18.2 Å². The number of rotatable bonds is 3. The second-order valence-corrected chi connectivity index (χ2v) is 5.62. The van der Waals surface area contributed by atoms with Crippen LogP contribution < -0.4 is 5.43 Å². The molecule has 0 aromatic carbocycles. The minimum absolute atomic E-state index is 0.193. The van der Waals surface area contributed by atoms with Crippen molar-refractivity contribution in [3.8, 4) is 10.6 Å². The lowest BCUT2D eigenvalue weighted by Gasteiger charge is -2.09. The zero-order chi connectivity index (χ0) is 15.8. The molecule has 114 valence electrons. The van der Waals surface area contributed by atoms with Gasteiger partial charge in [-0.3, -0.25) is 14.9 Å². The van der Waals surface area contributed by atoms with E-state index in [9.17, 15) is 18.0 Å². The summed E-state index contributed by atoms with van der Waals surface area (Å²) in [6.07, 6.45) is -4.46. The van der Waals surface area contributed by atoms with E-state index in [-0.39, 0.29) is 11.6 Å². The van der Waals surface area contributed by atoms with Crippen molar-refractivity contribution in [3.63, 3.8) is 0 Å². The zero-order valence-corrected chi connectivity index (χ0v) is 12.3. The molecule has 2 aromatic heterocycles. The average Bonchev–Trinajstić information content (AvgIpc) is 2.92. The third kappa shape index (κ3) is 3.42. The lowest BCUT2D eigenvalue weighted by Crippen LogP contribution is -2.35. The number of hydrazine groups is 1. The minimum atomic E-state index is -4.46. The highest BCUT2D eigenvalue weighted by molar-refractivity contribution is 7.17. The molecule has 2 aromatic rings. The number of halogens is 3. The topological polar surface area (TPSA) is 50.2 Å². The maximum absolute atomic E-state index is 12.7. The SMILES string of the molecule is CN(C)NC(=O)c1ccc(-c2cc(C(F)(F)F)n(C)n2)s1. The van der Waals surface area contributed by atoms with Crippen LogP contribution in [0.25, 0.3) is 10.6 Å². The molecule has 2 heterocycles. The van der Waals surface area contributed by atoms with E-state index in [4.69, 9.17) is 0 Å². The molecule has 1 amide bonds. The summed E-state index contributed by atoms with van der Waals surface area (Å²) < 4.78 is 39.0. The van der Waals surface area contributed by atoms with Crippen molar-refractivity contribution in [2.45, 2.75) is 6.18 Å². The molecular formula is C12H13F3N4OS. The molecule has 0 saturated heterocycles. The van der Waals surface area contributed by atoms with E-state index in [0.717, 1.165) is 22.1 Å². The molecule has 0 saturated carbocycles. The molecule has 0 aliphatic heterocycles. The average molecular weight is 318 g/mol. The van der Waals surface area contributed by atoms with Crippen LogP contribution in [0.2, 0.25) is 0 Å². The molecule has 0 unspecified atom stereocenters. The molecule has 21 heavy (non-hydrogen) atoms. The summed E-state index contributed by atoms with van der Waals surface area (Å²) in [6.45, 7) is 0. The number of amides is 1. The summed E-state index contributed by atoms with van der Waals surface area (Å²) >= 11 is 1.09. The van der Waals surface area contributed by atoms with Gasteiger partial charge in [-0.15, -0.1) is 11.3 Å². The summed E-state index contributed by atoms with van der Waals surface area (Å²) in [4.78, 5) is 12.7. The Morgan fingerprint density at radius 2 is 2.05 bits per heavy atom. The van der Waals surface area contributed by atoms with Crippen LogP contribution in [-0.2, 0) is 13.2 Å². The number of nitrogens with one attached hydrogen (secondary N) is 1. The van der Waals surface area contributed by atoms with Crippen LogP contribution in [0.3, 0.4) is 0 Å². The van der Waals surface area contributed by atoms with E-state index in [2.05, 4.69) is 10.5 Å². The summed E-state index contributed by atoms with van der Waals surface area (Å²) in [5.41, 5.74) is 1.93. The van der Waals surface area contributed by atoms with Crippen LogP contribution >= 0.6 is 11.3 Å². The molecule has 9 heteroatoms. The fraction of sp³-hybridized carbons (Fsp3) is 0.333. The van der Waals surface area contributed by atoms with E-state index in [0.29, 0.717) is 9.75 Å². The Kier molecular flexibility index (Phi) is 4.06. The number of hydrogen-bond donors (Lipinski definition) is 1. The molecule has 0 aliphatic carbocycles. The lowest BCUT2D eigenvalue weighted by atomic mass is 10.3. The van der Waals surface area contributed by atoms with Crippen LogP contribution in [0.1, 0.15) is 15.4 Å². The van der Waals surface area contributed by atoms with Crippen LogP contribution in [-0.4, -0.2) is 34.8 Å². The number of thiophene rings is 1. The van der Waals surface area contributed by atoms with E-state index in [1.807, 2.05) is 0 Å². The summed E-state index contributed by atoms with van der Waals surface area (Å²) in [6, 6.07) is 4.11. The smallest absolute Gasteiger partial charge is 0.285 e. The Morgan fingerprint density at radius 1 is 1.38 bits per heavy atom.